The van der Waals surface area contributed by atoms with Gasteiger partial charge in [-0.1, -0.05) is 30.3 Å². The zero-order chi connectivity index (χ0) is 19.3. The molecule has 0 unspecified atom stereocenters. The van der Waals surface area contributed by atoms with Crippen molar-refractivity contribution in [2.75, 3.05) is 19.0 Å². The van der Waals surface area contributed by atoms with Crippen molar-refractivity contribution in [1.29, 1.82) is 0 Å². The van der Waals surface area contributed by atoms with Crippen LogP contribution in [0.4, 0.5) is 5.69 Å². The first kappa shape index (κ1) is 17.6. The van der Waals surface area contributed by atoms with Gasteiger partial charge in [-0.3, -0.25) is 4.79 Å². The van der Waals surface area contributed by atoms with Gasteiger partial charge in [0, 0.05) is 24.0 Å². The second-order valence-electron chi connectivity index (χ2n) is 6.15. The Morgan fingerprint density at radius 3 is 2.71 bits per heavy atom. The van der Waals surface area contributed by atoms with Crippen LogP contribution in [0.25, 0.3) is 16.9 Å². The number of anilines is 1. The zero-order valence-electron chi connectivity index (χ0n) is 15.3. The average molecular weight is 373 g/mol. The molecule has 0 bridgehead atoms. The Morgan fingerprint density at radius 1 is 1.04 bits per heavy atom. The maximum atomic E-state index is 12.4. The molecule has 0 saturated carbocycles. The normalized spacial score (nSPS) is 10.6. The van der Waals surface area contributed by atoms with Crippen LogP contribution in [-0.4, -0.2) is 29.0 Å². The number of para-hydroxylation sites is 1. The molecule has 2 aromatic heterocycles. The van der Waals surface area contributed by atoms with Crippen molar-refractivity contribution < 1.29 is 14.3 Å². The fraction of sp³-hybridized carbons (Fsp3) is 0.0909. The van der Waals surface area contributed by atoms with Crippen LogP contribution in [0.15, 0.2) is 79.1 Å². The van der Waals surface area contributed by atoms with Crippen LogP contribution in [0.2, 0.25) is 0 Å². The van der Waals surface area contributed by atoms with Crippen molar-refractivity contribution in [3.05, 3.63) is 79.1 Å². The minimum Gasteiger partial charge on any atom is -0.497 e. The van der Waals surface area contributed by atoms with Gasteiger partial charge in [0.2, 0.25) is 0 Å². The number of benzene rings is 2. The van der Waals surface area contributed by atoms with Crippen molar-refractivity contribution in [2.24, 2.45) is 0 Å². The smallest absolute Gasteiger partial charge is 0.262 e. The van der Waals surface area contributed by atoms with E-state index in [-0.39, 0.29) is 12.5 Å². The zero-order valence-corrected chi connectivity index (χ0v) is 15.3. The highest BCUT2D eigenvalue weighted by molar-refractivity contribution is 5.96. The molecule has 6 nitrogen and oxygen atoms in total. The maximum Gasteiger partial charge on any atom is 0.262 e. The molecule has 0 fully saturated rings. The number of imidazole rings is 1. The molecule has 28 heavy (non-hydrogen) atoms. The summed E-state index contributed by atoms with van der Waals surface area (Å²) in [6.45, 7) is -0.104. The van der Waals surface area contributed by atoms with E-state index in [1.807, 2.05) is 71.4 Å². The van der Waals surface area contributed by atoms with Crippen molar-refractivity contribution >= 4 is 17.2 Å². The van der Waals surface area contributed by atoms with Crippen LogP contribution < -0.4 is 14.8 Å². The molecule has 0 atom stereocenters. The Labute approximate surface area is 162 Å². The van der Waals surface area contributed by atoms with Gasteiger partial charge in [-0.2, -0.15) is 0 Å². The molecule has 4 aromatic rings. The Morgan fingerprint density at radius 2 is 1.86 bits per heavy atom. The number of nitrogens with zero attached hydrogens (tertiary/aromatic N) is 2. The second kappa shape index (κ2) is 7.84. The van der Waals surface area contributed by atoms with Crippen molar-refractivity contribution in [2.45, 2.75) is 0 Å². The van der Waals surface area contributed by atoms with Crippen LogP contribution in [-0.2, 0) is 4.79 Å². The van der Waals surface area contributed by atoms with E-state index in [1.165, 1.54) is 0 Å². The highest BCUT2D eigenvalue weighted by atomic mass is 16.5. The number of ether oxygens (including phenoxy) is 2. The fourth-order valence-corrected chi connectivity index (χ4v) is 2.91. The number of fused-ring (bicyclic) bond motifs is 1. The van der Waals surface area contributed by atoms with Crippen molar-refractivity contribution in [1.82, 2.24) is 9.38 Å². The third kappa shape index (κ3) is 3.81. The van der Waals surface area contributed by atoms with E-state index in [1.54, 1.807) is 19.2 Å². The molecule has 2 heterocycles. The number of carbonyl (C=O) groups excluding carboxylic acids is 1. The van der Waals surface area contributed by atoms with E-state index in [0.29, 0.717) is 17.2 Å². The Kier molecular flexibility index (Phi) is 4.93. The Bertz CT molecular complexity index is 1090. The number of rotatable bonds is 6. The monoisotopic (exact) mass is 373 g/mol. The summed E-state index contributed by atoms with van der Waals surface area (Å²) in [5, 5.41) is 2.91. The van der Waals surface area contributed by atoms with Gasteiger partial charge in [0.25, 0.3) is 5.91 Å². The van der Waals surface area contributed by atoms with E-state index in [4.69, 9.17) is 9.47 Å². The molecule has 0 spiro atoms. The molecule has 1 amide bonds. The minimum atomic E-state index is -0.251. The molecule has 4 rings (SSSR count). The Balaban J connectivity index is 1.49. The van der Waals surface area contributed by atoms with Crippen LogP contribution in [0.3, 0.4) is 0 Å². The number of nitrogens with one attached hydrogen (secondary N) is 1. The number of amides is 1. The van der Waals surface area contributed by atoms with Gasteiger partial charge >= 0.3 is 0 Å². The van der Waals surface area contributed by atoms with Crippen LogP contribution in [0.1, 0.15) is 0 Å². The first-order valence-electron chi connectivity index (χ1n) is 8.83. The summed E-state index contributed by atoms with van der Waals surface area (Å²) in [7, 11) is 1.59. The van der Waals surface area contributed by atoms with Crippen molar-refractivity contribution in [3.63, 3.8) is 0 Å². The molecular weight excluding hydrogens is 354 g/mol. The molecule has 0 saturated heterocycles. The van der Waals surface area contributed by atoms with E-state index in [2.05, 4.69) is 10.3 Å². The maximum absolute atomic E-state index is 12.4. The highest BCUT2D eigenvalue weighted by Crippen LogP contribution is 2.27. The number of methoxy groups -OCH3 is 1. The Hall–Kier alpha value is -3.80. The average Bonchev–Trinajstić information content (AvgIpc) is 3.17. The standard InChI is InChI=1S/C22H19N3O3/c1-27-16-7-6-8-17(13-16)28-15-22(26)24-19-10-3-2-9-18(19)20-14-25-12-5-4-11-21(25)23-20/h2-14H,15H2,1H3,(H,24,26). The summed E-state index contributed by atoms with van der Waals surface area (Å²) in [6, 6.07) is 20.5. The summed E-state index contributed by atoms with van der Waals surface area (Å²) < 4.78 is 12.7. The second-order valence-corrected chi connectivity index (χ2v) is 6.15. The van der Waals surface area contributed by atoms with E-state index < -0.39 is 0 Å². The minimum absolute atomic E-state index is 0.104. The van der Waals surface area contributed by atoms with Crippen LogP contribution >= 0.6 is 0 Å². The molecule has 0 aliphatic carbocycles. The summed E-state index contributed by atoms with van der Waals surface area (Å²) in [5.74, 6) is 0.997. The topological polar surface area (TPSA) is 64.9 Å². The first-order chi connectivity index (χ1) is 13.7. The summed E-state index contributed by atoms with van der Waals surface area (Å²) in [6.07, 6.45) is 3.88. The van der Waals surface area contributed by atoms with Gasteiger partial charge in [-0.15, -0.1) is 0 Å². The van der Waals surface area contributed by atoms with E-state index in [9.17, 15) is 4.79 Å². The van der Waals surface area contributed by atoms with Gasteiger partial charge < -0.3 is 19.2 Å². The van der Waals surface area contributed by atoms with Crippen LogP contribution in [0, 0.1) is 0 Å². The SMILES string of the molecule is COc1cccc(OCC(=O)Nc2ccccc2-c2cn3ccccc3n2)c1. The molecule has 6 heteroatoms. The fourth-order valence-electron chi connectivity index (χ4n) is 2.91. The van der Waals surface area contributed by atoms with E-state index >= 15 is 0 Å². The van der Waals surface area contributed by atoms with Crippen LogP contribution in [0.5, 0.6) is 11.5 Å². The number of aromatic nitrogens is 2. The number of hydrogen-bond donors (Lipinski definition) is 1. The molecule has 140 valence electrons. The van der Waals surface area contributed by atoms with Gasteiger partial charge in [-0.05, 0) is 30.3 Å². The molecule has 1 N–H and O–H groups in total. The lowest BCUT2D eigenvalue weighted by atomic mass is 10.1. The third-order valence-corrected chi connectivity index (χ3v) is 4.25. The molecule has 0 aliphatic heterocycles. The quantitative estimate of drug-likeness (QED) is 0.554. The lowest BCUT2D eigenvalue weighted by Gasteiger charge is -2.11. The molecule has 0 aliphatic rings. The number of carbonyl (C=O) groups is 1. The molecule has 0 radical (unpaired) electrons. The summed E-state index contributed by atoms with van der Waals surface area (Å²) in [4.78, 5) is 17.0. The van der Waals surface area contributed by atoms with Gasteiger partial charge in [0.15, 0.2) is 6.61 Å². The third-order valence-electron chi connectivity index (χ3n) is 4.25. The summed E-state index contributed by atoms with van der Waals surface area (Å²) >= 11 is 0. The van der Waals surface area contributed by atoms with Gasteiger partial charge in [-0.25, -0.2) is 4.98 Å². The largest absolute Gasteiger partial charge is 0.497 e. The van der Waals surface area contributed by atoms with Gasteiger partial charge in [0.05, 0.1) is 18.5 Å². The van der Waals surface area contributed by atoms with Gasteiger partial charge in [0.1, 0.15) is 17.1 Å². The first-order valence-corrected chi connectivity index (χ1v) is 8.83. The highest BCUT2D eigenvalue weighted by Gasteiger charge is 2.12. The predicted molar refractivity (Wildman–Crippen MR) is 108 cm³/mol. The lowest BCUT2D eigenvalue weighted by Crippen LogP contribution is -2.20. The lowest BCUT2D eigenvalue weighted by molar-refractivity contribution is -0.118. The molecular formula is C22H19N3O3. The number of pyridine rings is 1. The summed E-state index contributed by atoms with van der Waals surface area (Å²) in [5.41, 5.74) is 3.17. The number of hydrogen-bond acceptors (Lipinski definition) is 4. The van der Waals surface area contributed by atoms with E-state index in [0.717, 1.165) is 16.9 Å². The van der Waals surface area contributed by atoms with Crippen molar-refractivity contribution in [3.8, 4) is 22.8 Å². The molecule has 2 aromatic carbocycles. The predicted octanol–water partition coefficient (Wildman–Crippen LogP) is 4.03.